The largest absolute Gasteiger partial charge is 0.497 e. The normalized spacial score (nSPS) is 17.3. The molecule has 2 aliphatic heterocycles. The summed E-state index contributed by atoms with van der Waals surface area (Å²) >= 11 is 0. The number of sulfonamides is 1. The third kappa shape index (κ3) is 6.43. The lowest BCUT2D eigenvalue weighted by molar-refractivity contribution is -0.119. The fourth-order valence-corrected chi connectivity index (χ4v) is 6.97. The predicted octanol–water partition coefficient (Wildman–Crippen LogP) is 4.54. The van der Waals surface area contributed by atoms with Gasteiger partial charge in [-0.2, -0.15) is 0 Å². The van der Waals surface area contributed by atoms with Gasteiger partial charge >= 0.3 is 0 Å². The maximum Gasteiger partial charge on any atom is 0.270 e. The lowest BCUT2D eigenvalue weighted by Crippen LogP contribution is -2.49. The van der Waals surface area contributed by atoms with Crippen LogP contribution in [0.5, 0.6) is 5.75 Å². The molecule has 2 aliphatic rings. The van der Waals surface area contributed by atoms with E-state index in [9.17, 15) is 13.2 Å². The molecule has 2 aromatic carbocycles. The van der Waals surface area contributed by atoms with Crippen LogP contribution in [0.15, 0.2) is 78.0 Å². The number of para-hydroxylation sites is 1. The predicted molar refractivity (Wildman–Crippen MR) is 158 cm³/mol. The van der Waals surface area contributed by atoms with Crippen molar-refractivity contribution in [3.63, 3.8) is 0 Å². The van der Waals surface area contributed by atoms with Crippen LogP contribution in [0.25, 0.3) is 12.2 Å². The van der Waals surface area contributed by atoms with Gasteiger partial charge < -0.3 is 9.64 Å². The Bertz CT molecular complexity index is 1410. The van der Waals surface area contributed by atoms with Crippen molar-refractivity contribution in [3.8, 4) is 5.75 Å². The first-order valence-electron chi connectivity index (χ1n) is 13.8. The van der Waals surface area contributed by atoms with E-state index in [0.717, 1.165) is 48.9 Å². The molecule has 2 saturated heterocycles. The monoisotopic (exact) mass is 560 g/mol. The fourth-order valence-electron chi connectivity index (χ4n) is 5.53. The van der Waals surface area contributed by atoms with Crippen LogP contribution in [0.4, 0.5) is 5.69 Å². The topological polar surface area (TPSA) is 83.0 Å². The summed E-state index contributed by atoms with van der Waals surface area (Å²) in [5.74, 6) is 0.0681. The van der Waals surface area contributed by atoms with Crippen molar-refractivity contribution in [2.24, 2.45) is 0 Å². The zero-order valence-corrected chi connectivity index (χ0v) is 23.7. The first-order chi connectivity index (χ1) is 19.5. The average molecular weight is 561 g/mol. The van der Waals surface area contributed by atoms with Crippen LogP contribution in [0.1, 0.15) is 36.8 Å². The molecule has 40 heavy (non-hydrogen) atoms. The van der Waals surface area contributed by atoms with Gasteiger partial charge in [0.05, 0.1) is 24.2 Å². The molecule has 0 saturated carbocycles. The molecule has 1 amide bonds. The standard InChI is InChI=1S/C31H36N4O4S/c1-39-28-10-12-29(13-11-28)40(37,38)35(30-7-3-2-6-26(30)9-8-25-14-18-32-19-15-25)31(36)24-33-22-16-27(17-23-33)34-20-4-5-21-34/h2-3,6-15,18-19,27H,4-5,16-17,20-24H2,1H3. The van der Waals surface area contributed by atoms with E-state index in [1.807, 2.05) is 36.4 Å². The summed E-state index contributed by atoms with van der Waals surface area (Å²) < 4.78 is 34.3. The smallest absolute Gasteiger partial charge is 0.270 e. The number of methoxy groups -OCH3 is 1. The van der Waals surface area contributed by atoms with E-state index in [2.05, 4.69) is 14.8 Å². The van der Waals surface area contributed by atoms with Crippen molar-refractivity contribution >= 4 is 33.8 Å². The molecule has 0 unspecified atom stereocenters. The highest BCUT2D eigenvalue weighted by Gasteiger charge is 2.34. The Morgan fingerprint density at radius 1 is 0.950 bits per heavy atom. The third-order valence-corrected chi connectivity index (χ3v) is 9.46. The van der Waals surface area contributed by atoms with E-state index >= 15 is 0 Å². The van der Waals surface area contributed by atoms with Gasteiger partial charge in [-0.25, -0.2) is 12.7 Å². The lowest BCUT2D eigenvalue weighted by atomic mass is 10.0. The van der Waals surface area contributed by atoms with Crippen molar-refractivity contribution in [2.45, 2.75) is 36.6 Å². The fraction of sp³-hybridized carbons (Fsp3) is 0.355. The first kappa shape index (κ1) is 28.0. The Balaban J connectivity index is 1.44. The molecular weight excluding hydrogens is 524 g/mol. The summed E-state index contributed by atoms with van der Waals surface area (Å²) in [6.45, 7) is 3.88. The van der Waals surface area contributed by atoms with Gasteiger partial charge in [-0.15, -0.1) is 0 Å². The molecule has 210 valence electrons. The molecule has 5 rings (SSSR count). The average Bonchev–Trinajstić information content (AvgIpc) is 3.53. The van der Waals surface area contributed by atoms with Crippen LogP contribution < -0.4 is 9.04 Å². The highest BCUT2D eigenvalue weighted by molar-refractivity contribution is 7.93. The molecule has 3 aromatic rings. The number of nitrogens with zero attached hydrogens (tertiary/aromatic N) is 4. The Morgan fingerprint density at radius 2 is 1.62 bits per heavy atom. The second-order valence-corrected chi connectivity index (χ2v) is 12.0. The van der Waals surface area contributed by atoms with E-state index < -0.39 is 15.9 Å². The number of carbonyl (C=O) groups excluding carboxylic acids is 1. The number of carbonyl (C=O) groups is 1. The Hall–Kier alpha value is -3.53. The van der Waals surface area contributed by atoms with Crippen LogP contribution in [-0.2, 0) is 14.8 Å². The molecular formula is C31H36N4O4S. The molecule has 8 nitrogen and oxygen atoms in total. The number of aromatic nitrogens is 1. The molecule has 0 radical (unpaired) electrons. The number of amides is 1. The summed E-state index contributed by atoms with van der Waals surface area (Å²) in [6.07, 6.45) is 11.6. The molecule has 0 spiro atoms. The van der Waals surface area contributed by atoms with Crippen LogP contribution in [0, 0.1) is 0 Å². The summed E-state index contributed by atoms with van der Waals surface area (Å²) in [7, 11) is -2.68. The highest BCUT2D eigenvalue weighted by atomic mass is 32.2. The third-order valence-electron chi connectivity index (χ3n) is 7.71. The van der Waals surface area contributed by atoms with Crippen molar-refractivity contribution in [1.82, 2.24) is 14.8 Å². The zero-order valence-electron chi connectivity index (χ0n) is 22.9. The van der Waals surface area contributed by atoms with Crippen LogP contribution in [0.2, 0.25) is 0 Å². The second-order valence-electron chi connectivity index (χ2n) is 10.3. The molecule has 0 N–H and O–H groups in total. The van der Waals surface area contributed by atoms with Crippen LogP contribution >= 0.6 is 0 Å². The van der Waals surface area contributed by atoms with Gasteiger partial charge in [0.2, 0.25) is 0 Å². The minimum atomic E-state index is -4.21. The van der Waals surface area contributed by atoms with Crippen LogP contribution in [0.3, 0.4) is 0 Å². The number of pyridine rings is 1. The van der Waals surface area contributed by atoms with E-state index in [4.69, 9.17) is 4.74 Å². The van der Waals surface area contributed by atoms with Crippen LogP contribution in [-0.4, -0.2) is 75.0 Å². The molecule has 0 aliphatic carbocycles. The van der Waals surface area contributed by atoms with E-state index in [-0.39, 0.29) is 11.4 Å². The molecule has 2 fully saturated rings. The highest BCUT2D eigenvalue weighted by Crippen LogP contribution is 2.30. The number of hydrogen-bond acceptors (Lipinski definition) is 7. The van der Waals surface area contributed by atoms with Gasteiger partial charge in [0.15, 0.2) is 0 Å². The molecule has 3 heterocycles. The van der Waals surface area contributed by atoms with Crippen molar-refractivity contribution in [3.05, 3.63) is 84.2 Å². The number of benzene rings is 2. The molecule has 0 bridgehead atoms. The van der Waals surface area contributed by atoms with E-state index in [1.165, 1.54) is 32.1 Å². The Morgan fingerprint density at radius 3 is 2.30 bits per heavy atom. The summed E-state index contributed by atoms with van der Waals surface area (Å²) in [5, 5.41) is 0. The van der Waals surface area contributed by atoms with Crippen molar-refractivity contribution in [1.29, 1.82) is 0 Å². The SMILES string of the molecule is COc1ccc(S(=O)(=O)N(C(=O)CN2CCC(N3CCCC3)CC2)c2ccccc2C=Cc2ccncc2)cc1. The second kappa shape index (κ2) is 12.8. The zero-order chi connectivity index (χ0) is 28.0. The number of ether oxygens (including phenoxy) is 1. The van der Waals surface area contributed by atoms with Gasteiger partial charge in [0.1, 0.15) is 5.75 Å². The van der Waals surface area contributed by atoms with Gasteiger partial charge in [-0.05, 0) is 92.4 Å². The van der Waals surface area contributed by atoms with Gasteiger partial charge in [-0.1, -0.05) is 30.4 Å². The summed E-state index contributed by atoms with van der Waals surface area (Å²) in [6, 6.07) is 17.5. The number of piperidine rings is 1. The molecule has 0 atom stereocenters. The van der Waals surface area contributed by atoms with Gasteiger partial charge in [0, 0.05) is 31.5 Å². The lowest BCUT2D eigenvalue weighted by Gasteiger charge is -2.37. The minimum Gasteiger partial charge on any atom is -0.497 e. The number of rotatable bonds is 9. The Labute approximate surface area is 236 Å². The quantitative estimate of drug-likeness (QED) is 0.380. The number of hydrogen-bond donors (Lipinski definition) is 0. The van der Waals surface area contributed by atoms with E-state index in [1.54, 1.807) is 36.7 Å². The maximum atomic E-state index is 14.1. The van der Waals surface area contributed by atoms with Gasteiger partial charge in [-0.3, -0.25) is 14.7 Å². The molecule has 1 aromatic heterocycles. The summed E-state index contributed by atoms with van der Waals surface area (Å²) in [4.78, 5) is 22.7. The number of likely N-dealkylation sites (tertiary alicyclic amines) is 2. The van der Waals surface area contributed by atoms with Crippen molar-refractivity contribution in [2.75, 3.05) is 44.1 Å². The number of anilines is 1. The van der Waals surface area contributed by atoms with Gasteiger partial charge in [0.25, 0.3) is 15.9 Å². The maximum absolute atomic E-state index is 14.1. The van der Waals surface area contributed by atoms with Crippen molar-refractivity contribution < 1.29 is 17.9 Å². The molecule has 9 heteroatoms. The minimum absolute atomic E-state index is 0.0299. The van der Waals surface area contributed by atoms with E-state index in [0.29, 0.717) is 23.0 Å². The first-order valence-corrected chi connectivity index (χ1v) is 15.3. The summed E-state index contributed by atoms with van der Waals surface area (Å²) in [5.41, 5.74) is 1.86. The Kier molecular flexibility index (Phi) is 8.94.